The Kier molecular flexibility index (Phi) is 4.62. The molecule has 7 nitrogen and oxygen atoms in total. The Hall–Kier alpha value is -3.52. The Morgan fingerprint density at radius 2 is 1.79 bits per heavy atom. The van der Waals surface area contributed by atoms with Gasteiger partial charge in [-0.1, -0.05) is 34.7 Å². The number of nitrogens with one attached hydrogen (secondary N) is 2. The molecule has 2 N–H and O–H groups in total. The Labute approximate surface area is 164 Å². The highest BCUT2D eigenvalue weighted by Crippen LogP contribution is 2.27. The van der Waals surface area contributed by atoms with E-state index >= 15 is 0 Å². The van der Waals surface area contributed by atoms with Gasteiger partial charge >= 0.3 is 0 Å². The van der Waals surface area contributed by atoms with Gasteiger partial charge in [0.1, 0.15) is 0 Å². The van der Waals surface area contributed by atoms with Crippen LogP contribution in [0.4, 0.5) is 10.8 Å². The van der Waals surface area contributed by atoms with Crippen LogP contribution in [0.3, 0.4) is 0 Å². The van der Waals surface area contributed by atoms with Crippen molar-refractivity contribution in [3.8, 4) is 0 Å². The fourth-order valence-corrected chi connectivity index (χ4v) is 3.61. The zero-order valence-electron chi connectivity index (χ0n) is 15.1. The Morgan fingerprint density at radius 1 is 0.964 bits per heavy atom. The second kappa shape index (κ2) is 7.24. The molecule has 0 radical (unpaired) electrons. The van der Waals surface area contributed by atoms with Gasteiger partial charge in [0.05, 0.1) is 10.2 Å². The lowest BCUT2D eigenvalue weighted by molar-refractivity contribution is 0.0980. The van der Waals surface area contributed by atoms with Gasteiger partial charge in [0.15, 0.2) is 10.8 Å². The summed E-state index contributed by atoms with van der Waals surface area (Å²) < 4.78 is 6.01. The summed E-state index contributed by atoms with van der Waals surface area (Å²) in [7, 11) is 0. The topological polar surface area (TPSA) is 97.1 Å². The predicted octanol–water partition coefficient (Wildman–Crippen LogP) is 4.41. The number of carbonyl (C=O) groups is 2. The van der Waals surface area contributed by atoms with Gasteiger partial charge in [0.25, 0.3) is 11.8 Å². The minimum absolute atomic E-state index is 0.0200. The maximum absolute atomic E-state index is 12.4. The maximum atomic E-state index is 12.4. The first kappa shape index (κ1) is 17.9. The molecule has 0 saturated heterocycles. The van der Waals surface area contributed by atoms with E-state index in [1.807, 2.05) is 50.2 Å². The van der Waals surface area contributed by atoms with Gasteiger partial charge in [-0.05, 0) is 49.2 Å². The number of fused-ring (bicyclic) bond motifs is 1. The Balaban J connectivity index is 1.46. The van der Waals surface area contributed by atoms with Crippen LogP contribution in [0.1, 0.15) is 32.2 Å². The van der Waals surface area contributed by atoms with E-state index in [0.29, 0.717) is 10.8 Å². The summed E-state index contributed by atoms with van der Waals surface area (Å²) >= 11 is 1.37. The number of amides is 2. The summed E-state index contributed by atoms with van der Waals surface area (Å²) in [6.45, 7) is 3.92. The summed E-state index contributed by atoms with van der Waals surface area (Å²) in [6, 6.07) is 14.5. The van der Waals surface area contributed by atoms with Gasteiger partial charge in [0, 0.05) is 11.8 Å². The molecule has 2 heterocycles. The van der Waals surface area contributed by atoms with Crippen molar-refractivity contribution in [2.24, 2.45) is 0 Å². The molecule has 28 heavy (non-hydrogen) atoms. The third-order valence-corrected chi connectivity index (χ3v) is 4.94. The van der Waals surface area contributed by atoms with Gasteiger partial charge in [-0.3, -0.25) is 14.9 Å². The van der Waals surface area contributed by atoms with E-state index < -0.39 is 11.8 Å². The minimum Gasteiger partial charge on any atom is -0.350 e. The van der Waals surface area contributed by atoms with Gasteiger partial charge in [-0.15, -0.1) is 0 Å². The van der Waals surface area contributed by atoms with Crippen LogP contribution in [0.15, 0.2) is 53.1 Å². The van der Waals surface area contributed by atoms with Crippen LogP contribution in [0.2, 0.25) is 0 Å². The molecule has 0 fully saturated rings. The van der Waals surface area contributed by atoms with Gasteiger partial charge in [-0.25, -0.2) is 4.98 Å². The summed E-state index contributed by atoms with van der Waals surface area (Å²) in [5, 5.41) is 9.54. The van der Waals surface area contributed by atoms with E-state index in [2.05, 4.69) is 20.8 Å². The monoisotopic (exact) mass is 392 g/mol. The molecule has 2 amide bonds. The molecule has 0 aliphatic carbocycles. The van der Waals surface area contributed by atoms with Crippen LogP contribution in [0.25, 0.3) is 10.2 Å². The van der Waals surface area contributed by atoms with E-state index in [1.54, 1.807) is 6.07 Å². The quantitative estimate of drug-likeness (QED) is 0.536. The van der Waals surface area contributed by atoms with Gasteiger partial charge in [-0.2, -0.15) is 0 Å². The second-order valence-electron chi connectivity index (χ2n) is 6.34. The van der Waals surface area contributed by atoms with Crippen LogP contribution in [0.5, 0.6) is 0 Å². The fourth-order valence-electron chi connectivity index (χ4n) is 2.65. The molecular formula is C20H16N4O3S. The number of hydrogen-bond donors (Lipinski definition) is 2. The zero-order valence-corrected chi connectivity index (χ0v) is 16.0. The number of hydrogen-bond acceptors (Lipinski definition) is 6. The summed E-state index contributed by atoms with van der Waals surface area (Å²) in [5.41, 5.74) is 3.61. The number of anilines is 2. The molecule has 0 atom stereocenters. The number of benzene rings is 2. The van der Waals surface area contributed by atoms with Crippen LogP contribution in [0, 0.1) is 13.8 Å². The molecule has 2 aromatic carbocycles. The predicted molar refractivity (Wildman–Crippen MR) is 108 cm³/mol. The highest BCUT2D eigenvalue weighted by atomic mass is 32.1. The molecule has 4 rings (SSSR count). The molecule has 0 unspecified atom stereocenters. The third-order valence-electron chi connectivity index (χ3n) is 4.01. The molecule has 2 aromatic heterocycles. The lowest BCUT2D eigenvalue weighted by atomic mass is 10.2. The van der Waals surface area contributed by atoms with Crippen molar-refractivity contribution in [3.05, 3.63) is 71.1 Å². The van der Waals surface area contributed by atoms with Crippen molar-refractivity contribution in [2.45, 2.75) is 13.8 Å². The zero-order chi connectivity index (χ0) is 19.7. The van der Waals surface area contributed by atoms with Gasteiger partial charge < -0.3 is 9.84 Å². The van der Waals surface area contributed by atoms with Crippen LogP contribution in [-0.4, -0.2) is 22.0 Å². The molecule has 0 aliphatic rings. The Morgan fingerprint density at radius 3 is 2.61 bits per heavy atom. The number of aryl methyl sites for hydroxylation is 2. The highest BCUT2D eigenvalue weighted by molar-refractivity contribution is 7.22. The van der Waals surface area contributed by atoms with Crippen LogP contribution in [-0.2, 0) is 0 Å². The summed E-state index contributed by atoms with van der Waals surface area (Å²) in [4.78, 5) is 29.1. The average molecular weight is 392 g/mol. The lowest BCUT2D eigenvalue weighted by Gasteiger charge is -2.03. The van der Waals surface area contributed by atoms with Crippen LogP contribution >= 0.6 is 11.3 Å². The maximum Gasteiger partial charge on any atom is 0.296 e. The van der Waals surface area contributed by atoms with Crippen LogP contribution < -0.4 is 10.6 Å². The van der Waals surface area contributed by atoms with Crippen molar-refractivity contribution in [2.75, 3.05) is 10.6 Å². The van der Waals surface area contributed by atoms with Crippen molar-refractivity contribution >= 4 is 44.2 Å². The summed E-state index contributed by atoms with van der Waals surface area (Å²) in [5.74, 6) is -1.04. The SMILES string of the molecule is Cc1cccc(NC(=O)c2cc(C(=O)Nc3nc4ccc(C)cc4s3)on2)c1. The first-order valence-electron chi connectivity index (χ1n) is 8.51. The largest absolute Gasteiger partial charge is 0.350 e. The van der Waals surface area contributed by atoms with E-state index in [9.17, 15) is 9.59 Å². The third kappa shape index (κ3) is 3.77. The number of nitrogens with zero attached hydrogens (tertiary/aromatic N) is 2. The van der Waals surface area contributed by atoms with E-state index in [4.69, 9.17) is 4.52 Å². The normalized spacial score (nSPS) is 10.8. The van der Waals surface area contributed by atoms with E-state index in [-0.39, 0.29) is 11.5 Å². The van der Waals surface area contributed by atoms with Crippen molar-refractivity contribution in [3.63, 3.8) is 0 Å². The van der Waals surface area contributed by atoms with Crippen molar-refractivity contribution in [1.82, 2.24) is 10.1 Å². The number of rotatable bonds is 4. The van der Waals surface area contributed by atoms with E-state index in [1.165, 1.54) is 17.4 Å². The first-order chi connectivity index (χ1) is 13.5. The molecule has 0 aliphatic heterocycles. The second-order valence-corrected chi connectivity index (χ2v) is 7.37. The first-order valence-corrected chi connectivity index (χ1v) is 9.33. The van der Waals surface area contributed by atoms with E-state index in [0.717, 1.165) is 21.3 Å². The molecule has 0 saturated carbocycles. The Bertz CT molecular complexity index is 1200. The molecule has 8 heteroatoms. The molecule has 4 aromatic rings. The minimum atomic E-state index is -0.516. The van der Waals surface area contributed by atoms with Crippen molar-refractivity contribution in [1.29, 1.82) is 0 Å². The fraction of sp³-hybridized carbons (Fsp3) is 0.100. The van der Waals surface area contributed by atoms with Crippen molar-refractivity contribution < 1.29 is 14.1 Å². The highest BCUT2D eigenvalue weighted by Gasteiger charge is 2.19. The lowest BCUT2D eigenvalue weighted by Crippen LogP contribution is -2.13. The number of carbonyl (C=O) groups excluding carboxylic acids is 2. The molecule has 0 bridgehead atoms. The molecular weight excluding hydrogens is 376 g/mol. The average Bonchev–Trinajstić information content (AvgIpc) is 3.28. The smallest absolute Gasteiger partial charge is 0.296 e. The molecule has 140 valence electrons. The van der Waals surface area contributed by atoms with Gasteiger partial charge in [0.2, 0.25) is 5.76 Å². The molecule has 0 spiro atoms. The number of thiazole rings is 1. The summed E-state index contributed by atoms with van der Waals surface area (Å²) in [6.07, 6.45) is 0. The standard InChI is InChI=1S/C20H16N4O3S/c1-11-4-3-5-13(8-11)21-18(25)15-10-16(27-24-15)19(26)23-20-22-14-7-6-12(2)9-17(14)28-20/h3-10H,1-2H3,(H,21,25)(H,22,23,26). The number of aromatic nitrogens is 2.